The topological polar surface area (TPSA) is 65.3 Å². The second kappa shape index (κ2) is 8.57. The van der Waals surface area contributed by atoms with Gasteiger partial charge in [-0.05, 0) is 30.5 Å². The molecule has 0 atom stereocenters. The van der Waals surface area contributed by atoms with Crippen LogP contribution >= 0.6 is 0 Å². The number of nitrogens with one attached hydrogen (secondary N) is 1. The van der Waals surface area contributed by atoms with Crippen molar-refractivity contribution in [3.63, 3.8) is 0 Å². The third-order valence-electron chi connectivity index (χ3n) is 3.87. The lowest BCUT2D eigenvalue weighted by molar-refractivity contribution is 0.113. The van der Waals surface area contributed by atoms with Gasteiger partial charge in [-0.25, -0.2) is 0 Å². The summed E-state index contributed by atoms with van der Waals surface area (Å²) in [6.07, 6.45) is 1.91. The Morgan fingerprint density at radius 1 is 1.35 bits per heavy atom. The molecule has 1 aromatic rings. The van der Waals surface area contributed by atoms with Gasteiger partial charge in [0, 0.05) is 25.1 Å². The fourth-order valence-electron chi connectivity index (χ4n) is 2.11. The zero-order chi connectivity index (χ0) is 14.8. The molecule has 0 spiro atoms. The highest BCUT2D eigenvalue weighted by molar-refractivity contribution is 5.28. The monoisotopic (exact) mass is 276 g/mol. The van der Waals surface area contributed by atoms with Gasteiger partial charge in [0.25, 0.3) is 0 Å². The molecule has 0 aliphatic heterocycles. The maximum atomic E-state index is 9.52. The summed E-state index contributed by atoms with van der Waals surface area (Å²) in [5.74, 6) is 0.713. The number of nitriles is 1. The van der Waals surface area contributed by atoms with Crippen molar-refractivity contribution < 1.29 is 9.84 Å². The number of aliphatic hydroxyl groups excluding tert-OH is 1. The highest BCUT2D eigenvalue weighted by Crippen LogP contribution is 2.24. The normalized spacial score (nSPS) is 11.1. The van der Waals surface area contributed by atoms with Crippen LogP contribution in [0.2, 0.25) is 0 Å². The van der Waals surface area contributed by atoms with Gasteiger partial charge in [-0.15, -0.1) is 0 Å². The molecule has 20 heavy (non-hydrogen) atoms. The highest BCUT2D eigenvalue weighted by atomic mass is 16.5. The number of hydrogen-bond acceptors (Lipinski definition) is 4. The average molecular weight is 276 g/mol. The van der Waals surface area contributed by atoms with E-state index in [1.807, 2.05) is 30.3 Å². The van der Waals surface area contributed by atoms with E-state index < -0.39 is 0 Å². The van der Waals surface area contributed by atoms with E-state index in [0.717, 1.165) is 31.5 Å². The van der Waals surface area contributed by atoms with Crippen molar-refractivity contribution in [3.05, 3.63) is 29.8 Å². The minimum atomic E-state index is -0.0328. The summed E-state index contributed by atoms with van der Waals surface area (Å²) < 4.78 is 5.28. The third-order valence-corrected chi connectivity index (χ3v) is 3.87. The molecular formula is C16H24N2O2. The Labute approximate surface area is 121 Å². The van der Waals surface area contributed by atoms with Gasteiger partial charge in [-0.3, -0.25) is 0 Å². The SMILES string of the molecule is CCC(CC)(CO)CNCc1cccc(OCC#N)c1. The molecular weight excluding hydrogens is 252 g/mol. The molecule has 0 saturated heterocycles. The molecule has 0 amide bonds. The van der Waals surface area contributed by atoms with E-state index in [2.05, 4.69) is 19.2 Å². The standard InChI is InChI=1S/C16H24N2O2/c1-3-16(4-2,13-19)12-18-11-14-6-5-7-15(10-14)20-9-8-17/h5-7,10,18-19H,3-4,9,11-13H2,1-2H3. The van der Waals surface area contributed by atoms with Crippen molar-refractivity contribution >= 4 is 0 Å². The van der Waals surface area contributed by atoms with E-state index in [1.54, 1.807) is 0 Å². The van der Waals surface area contributed by atoms with Crippen LogP contribution in [0.4, 0.5) is 0 Å². The lowest BCUT2D eigenvalue weighted by atomic mass is 9.83. The second-order valence-electron chi connectivity index (χ2n) is 5.06. The van der Waals surface area contributed by atoms with Crippen LogP contribution in [0, 0.1) is 16.7 Å². The van der Waals surface area contributed by atoms with Crippen LogP contribution in [0.15, 0.2) is 24.3 Å². The predicted molar refractivity (Wildman–Crippen MR) is 79.4 cm³/mol. The van der Waals surface area contributed by atoms with Crippen molar-refractivity contribution in [2.24, 2.45) is 5.41 Å². The quantitative estimate of drug-likeness (QED) is 0.727. The predicted octanol–water partition coefficient (Wildman–Crippen LogP) is 2.48. The molecule has 0 saturated carbocycles. The molecule has 1 aromatic carbocycles. The van der Waals surface area contributed by atoms with Gasteiger partial charge in [-0.1, -0.05) is 26.0 Å². The fraction of sp³-hybridized carbons (Fsp3) is 0.562. The Kier molecular flexibility index (Phi) is 7.06. The molecule has 1 rings (SSSR count). The number of ether oxygens (including phenoxy) is 1. The van der Waals surface area contributed by atoms with Crippen LogP contribution in [0.1, 0.15) is 32.3 Å². The van der Waals surface area contributed by atoms with Crippen molar-refractivity contribution in [1.29, 1.82) is 5.26 Å². The highest BCUT2D eigenvalue weighted by Gasteiger charge is 2.24. The lowest BCUT2D eigenvalue weighted by Gasteiger charge is -2.29. The first kappa shape index (κ1) is 16.5. The Hall–Kier alpha value is -1.57. The Bertz CT molecular complexity index is 428. The molecule has 0 bridgehead atoms. The average Bonchev–Trinajstić information content (AvgIpc) is 2.50. The Morgan fingerprint density at radius 2 is 2.10 bits per heavy atom. The van der Waals surface area contributed by atoms with Crippen LogP contribution < -0.4 is 10.1 Å². The van der Waals surface area contributed by atoms with Crippen LogP contribution in [-0.2, 0) is 6.54 Å². The summed E-state index contributed by atoms with van der Waals surface area (Å²) in [7, 11) is 0. The van der Waals surface area contributed by atoms with Crippen LogP contribution in [0.3, 0.4) is 0 Å². The number of benzene rings is 1. The van der Waals surface area contributed by atoms with Gasteiger partial charge < -0.3 is 15.2 Å². The molecule has 2 N–H and O–H groups in total. The number of aliphatic hydroxyl groups is 1. The first-order valence-electron chi connectivity index (χ1n) is 7.10. The molecule has 0 fully saturated rings. The van der Waals surface area contributed by atoms with Gasteiger partial charge in [0.05, 0.1) is 0 Å². The van der Waals surface area contributed by atoms with E-state index in [-0.39, 0.29) is 18.6 Å². The van der Waals surface area contributed by atoms with Gasteiger partial charge in [0.1, 0.15) is 11.8 Å². The smallest absolute Gasteiger partial charge is 0.174 e. The summed E-state index contributed by atoms with van der Waals surface area (Å²) >= 11 is 0. The van der Waals surface area contributed by atoms with E-state index in [0.29, 0.717) is 5.75 Å². The minimum absolute atomic E-state index is 0.0328. The molecule has 4 nitrogen and oxygen atoms in total. The zero-order valence-electron chi connectivity index (χ0n) is 12.4. The van der Waals surface area contributed by atoms with Crippen LogP contribution in [0.25, 0.3) is 0 Å². The van der Waals surface area contributed by atoms with Crippen molar-refractivity contribution in [2.45, 2.75) is 33.2 Å². The summed E-state index contributed by atoms with van der Waals surface area (Å²) in [6, 6.07) is 9.67. The number of rotatable bonds is 9. The van der Waals surface area contributed by atoms with E-state index in [4.69, 9.17) is 10.00 Å². The van der Waals surface area contributed by atoms with Crippen molar-refractivity contribution in [2.75, 3.05) is 19.8 Å². The fourth-order valence-corrected chi connectivity index (χ4v) is 2.11. The Morgan fingerprint density at radius 3 is 2.70 bits per heavy atom. The summed E-state index contributed by atoms with van der Waals surface area (Å²) in [5.41, 5.74) is 1.08. The van der Waals surface area contributed by atoms with Crippen LogP contribution in [0.5, 0.6) is 5.75 Å². The lowest BCUT2D eigenvalue weighted by Crippen LogP contribution is -2.36. The van der Waals surface area contributed by atoms with E-state index >= 15 is 0 Å². The van der Waals surface area contributed by atoms with E-state index in [1.165, 1.54) is 0 Å². The van der Waals surface area contributed by atoms with Crippen LogP contribution in [-0.4, -0.2) is 24.9 Å². The maximum Gasteiger partial charge on any atom is 0.174 e. The number of hydrogen-bond donors (Lipinski definition) is 2. The minimum Gasteiger partial charge on any atom is -0.479 e. The van der Waals surface area contributed by atoms with Gasteiger partial charge in [-0.2, -0.15) is 5.26 Å². The zero-order valence-corrected chi connectivity index (χ0v) is 12.4. The van der Waals surface area contributed by atoms with Crippen molar-refractivity contribution in [3.8, 4) is 11.8 Å². The summed E-state index contributed by atoms with van der Waals surface area (Å²) in [6.45, 7) is 6.01. The molecule has 0 aliphatic carbocycles. The molecule has 0 aromatic heterocycles. The van der Waals surface area contributed by atoms with Crippen molar-refractivity contribution in [1.82, 2.24) is 5.32 Å². The molecule has 0 radical (unpaired) electrons. The summed E-state index contributed by atoms with van der Waals surface area (Å²) in [4.78, 5) is 0. The molecule has 4 heteroatoms. The molecule has 0 unspecified atom stereocenters. The third kappa shape index (κ3) is 4.84. The molecule has 0 aliphatic rings. The Balaban J connectivity index is 2.51. The number of nitrogens with zero attached hydrogens (tertiary/aromatic N) is 1. The van der Waals surface area contributed by atoms with Gasteiger partial charge in [0.15, 0.2) is 6.61 Å². The van der Waals surface area contributed by atoms with Gasteiger partial charge in [0.2, 0.25) is 0 Å². The molecule has 110 valence electrons. The largest absolute Gasteiger partial charge is 0.479 e. The van der Waals surface area contributed by atoms with Gasteiger partial charge >= 0.3 is 0 Å². The van der Waals surface area contributed by atoms with E-state index in [9.17, 15) is 5.11 Å². The first-order chi connectivity index (χ1) is 9.69. The maximum absolute atomic E-state index is 9.52. The molecule has 0 heterocycles. The first-order valence-corrected chi connectivity index (χ1v) is 7.10. The summed E-state index contributed by atoms with van der Waals surface area (Å²) in [5, 5.41) is 21.4. The second-order valence-corrected chi connectivity index (χ2v) is 5.06.